The van der Waals surface area contributed by atoms with E-state index in [0.29, 0.717) is 23.1 Å². The minimum atomic E-state index is -1.01. The van der Waals surface area contributed by atoms with Gasteiger partial charge in [0.25, 0.3) is 0 Å². The summed E-state index contributed by atoms with van der Waals surface area (Å²) in [6, 6.07) is 12.8. The molecule has 5 aromatic rings. The normalized spacial score (nSPS) is 11.3. The van der Waals surface area contributed by atoms with Crippen LogP contribution >= 0.6 is 0 Å². The minimum Gasteiger partial charge on any atom is -0.478 e. The van der Waals surface area contributed by atoms with E-state index in [-0.39, 0.29) is 0 Å². The highest BCUT2D eigenvalue weighted by Crippen LogP contribution is 2.29. The van der Waals surface area contributed by atoms with E-state index in [2.05, 4.69) is 30.5 Å². The fourth-order valence-corrected chi connectivity index (χ4v) is 3.30. The maximum Gasteiger partial charge on any atom is 0.328 e. The van der Waals surface area contributed by atoms with Gasteiger partial charge in [0, 0.05) is 23.2 Å². The Morgan fingerprint density at radius 3 is 2.85 bits per heavy atom. The summed E-state index contributed by atoms with van der Waals surface area (Å²) in [5.41, 5.74) is 3.83. The molecule has 0 bridgehead atoms. The van der Waals surface area contributed by atoms with E-state index in [9.17, 15) is 4.79 Å². The molecule has 3 aromatic heterocycles. The third-order valence-corrected chi connectivity index (χ3v) is 4.89. The van der Waals surface area contributed by atoms with Crippen molar-refractivity contribution in [2.75, 3.05) is 5.32 Å². The average Bonchev–Trinajstić information content (AvgIpc) is 3.28. The van der Waals surface area contributed by atoms with Gasteiger partial charge in [0.15, 0.2) is 5.65 Å². The maximum atomic E-state index is 10.8. The number of aryl methyl sites for hydroxylation is 1. The second-order valence-electron chi connectivity index (χ2n) is 7.20. The van der Waals surface area contributed by atoms with E-state index < -0.39 is 5.97 Å². The summed E-state index contributed by atoms with van der Waals surface area (Å²) in [5, 5.41) is 20.8. The molecule has 0 spiro atoms. The molecule has 0 aliphatic rings. The number of rotatable bonds is 6. The van der Waals surface area contributed by atoms with Crippen LogP contribution in [0.3, 0.4) is 0 Å². The molecule has 0 atom stereocenters. The topological polar surface area (TPSA) is 127 Å². The molecule has 10 heteroatoms. The fraction of sp³-hybridized carbons (Fsp3) is 0.0435. The SMILES string of the molecule is Cc1cc(Nc2ncnc3ccc(C=CC(=O)O)cc23)ccc1Oc1cc2nncn2cn1. The molecule has 0 aliphatic carbocycles. The van der Waals surface area contributed by atoms with Crippen LogP contribution in [0.25, 0.3) is 22.6 Å². The summed E-state index contributed by atoms with van der Waals surface area (Å²) in [4.78, 5) is 23.7. The molecule has 0 aliphatic heterocycles. The van der Waals surface area contributed by atoms with Gasteiger partial charge in [-0.1, -0.05) is 6.07 Å². The number of nitrogens with one attached hydrogen (secondary N) is 1. The first-order chi connectivity index (χ1) is 16.0. The zero-order chi connectivity index (χ0) is 22.8. The molecule has 162 valence electrons. The van der Waals surface area contributed by atoms with Crippen molar-refractivity contribution in [2.45, 2.75) is 6.92 Å². The molecule has 0 unspecified atom stereocenters. The number of carboxylic acids is 1. The number of aliphatic carboxylic acids is 1. The molecular formula is C23H17N7O3. The van der Waals surface area contributed by atoms with Crippen LogP contribution in [0, 0.1) is 6.92 Å². The van der Waals surface area contributed by atoms with Crippen LogP contribution in [0.1, 0.15) is 11.1 Å². The number of nitrogens with zero attached hydrogens (tertiary/aromatic N) is 6. The Morgan fingerprint density at radius 1 is 1.09 bits per heavy atom. The number of aromatic nitrogens is 6. The Morgan fingerprint density at radius 2 is 2.00 bits per heavy atom. The largest absolute Gasteiger partial charge is 0.478 e. The highest BCUT2D eigenvalue weighted by atomic mass is 16.5. The van der Waals surface area contributed by atoms with Crippen LogP contribution in [-0.4, -0.2) is 40.6 Å². The van der Waals surface area contributed by atoms with Crippen molar-refractivity contribution in [2.24, 2.45) is 0 Å². The van der Waals surface area contributed by atoms with Gasteiger partial charge in [-0.3, -0.25) is 4.40 Å². The van der Waals surface area contributed by atoms with Gasteiger partial charge in [-0.15, -0.1) is 10.2 Å². The lowest BCUT2D eigenvalue weighted by Gasteiger charge is -2.12. The molecule has 5 rings (SSSR count). The van der Waals surface area contributed by atoms with Gasteiger partial charge in [0.1, 0.15) is 30.5 Å². The standard InChI is InChI=1S/C23H17N7O3/c1-14-8-16(4-6-19(14)33-21-10-20-29-27-13-30(20)12-26-21)28-23-17-9-15(3-7-22(31)32)2-5-18(17)24-11-25-23/h2-13H,1H3,(H,31,32)(H,24,25,28). The van der Waals surface area contributed by atoms with Crippen LogP contribution < -0.4 is 10.1 Å². The molecule has 3 heterocycles. The van der Waals surface area contributed by atoms with Crippen molar-refractivity contribution in [3.63, 3.8) is 0 Å². The number of hydrogen-bond donors (Lipinski definition) is 2. The molecule has 0 saturated heterocycles. The number of carbonyl (C=O) groups is 1. The quantitative estimate of drug-likeness (QED) is 0.377. The predicted molar refractivity (Wildman–Crippen MR) is 122 cm³/mol. The van der Waals surface area contributed by atoms with Crippen molar-refractivity contribution >= 4 is 40.1 Å². The number of benzene rings is 2. The van der Waals surface area contributed by atoms with Gasteiger partial charge in [-0.05, 0) is 54.5 Å². The highest BCUT2D eigenvalue weighted by molar-refractivity contribution is 5.93. The molecule has 10 nitrogen and oxygen atoms in total. The highest BCUT2D eigenvalue weighted by Gasteiger charge is 2.09. The third kappa shape index (κ3) is 4.30. The summed E-state index contributed by atoms with van der Waals surface area (Å²) in [6.45, 7) is 1.93. The molecular weight excluding hydrogens is 422 g/mol. The maximum absolute atomic E-state index is 10.8. The van der Waals surface area contributed by atoms with Gasteiger partial charge in [-0.25, -0.2) is 19.7 Å². The first kappa shape index (κ1) is 20.1. The van der Waals surface area contributed by atoms with Crippen molar-refractivity contribution in [3.05, 3.63) is 78.6 Å². The number of carboxylic acid groups (broad SMARTS) is 1. The zero-order valence-corrected chi connectivity index (χ0v) is 17.4. The second-order valence-corrected chi connectivity index (χ2v) is 7.20. The summed E-state index contributed by atoms with van der Waals surface area (Å²) >= 11 is 0. The molecule has 2 aromatic carbocycles. The van der Waals surface area contributed by atoms with Crippen LogP contribution in [0.2, 0.25) is 0 Å². The number of hydrogen-bond acceptors (Lipinski definition) is 8. The average molecular weight is 439 g/mol. The third-order valence-electron chi connectivity index (χ3n) is 4.89. The molecule has 0 amide bonds. The first-order valence-electron chi connectivity index (χ1n) is 9.92. The van der Waals surface area contributed by atoms with Gasteiger partial charge in [0.2, 0.25) is 5.88 Å². The molecule has 33 heavy (non-hydrogen) atoms. The Hall–Kier alpha value is -4.86. The van der Waals surface area contributed by atoms with Gasteiger partial charge in [0.05, 0.1) is 5.52 Å². The summed E-state index contributed by atoms with van der Waals surface area (Å²) in [7, 11) is 0. The lowest BCUT2D eigenvalue weighted by atomic mass is 10.1. The fourth-order valence-electron chi connectivity index (χ4n) is 3.30. The van der Waals surface area contributed by atoms with Crippen molar-refractivity contribution < 1.29 is 14.6 Å². The summed E-state index contributed by atoms with van der Waals surface area (Å²) in [5.74, 6) is 0.679. The van der Waals surface area contributed by atoms with E-state index in [0.717, 1.165) is 33.8 Å². The van der Waals surface area contributed by atoms with Crippen molar-refractivity contribution in [3.8, 4) is 11.6 Å². The van der Waals surface area contributed by atoms with Crippen LogP contribution in [0.15, 0.2) is 67.5 Å². The van der Waals surface area contributed by atoms with Gasteiger partial charge >= 0.3 is 5.97 Å². The Kier molecular flexibility index (Phi) is 5.07. The van der Waals surface area contributed by atoms with Gasteiger partial charge in [-0.2, -0.15) is 0 Å². The van der Waals surface area contributed by atoms with E-state index in [1.807, 2.05) is 37.3 Å². The Labute approximate surface area is 187 Å². The summed E-state index contributed by atoms with van der Waals surface area (Å²) < 4.78 is 7.62. The van der Waals surface area contributed by atoms with E-state index >= 15 is 0 Å². The van der Waals surface area contributed by atoms with Crippen molar-refractivity contribution in [1.82, 2.24) is 29.5 Å². The molecule has 0 fully saturated rings. The number of anilines is 2. The smallest absolute Gasteiger partial charge is 0.328 e. The molecule has 2 N–H and O–H groups in total. The van der Waals surface area contributed by atoms with Crippen LogP contribution in [-0.2, 0) is 4.79 Å². The first-order valence-corrected chi connectivity index (χ1v) is 9.92. The van der Waals surface area contributed by atoms with E-state index in [4.69, 9.17) is 9.84 Å². The van der Waals surface area contributed by atoms with E-state index in [1.54, 1.807) is 29.2 Å². The summed E-state index contributed by atoms with van der Waals surface area (Å²) in [6.07, 6.45) is 7.26. The lowest BCUT2D eigenvalue weighted by molar-refractivity contribution is -0.131. The van der Waals surface area contributed by atoms with Crippen LogP contribution in [0.4, 0.5) is 11.5 Å². The van der Waals surface area contributed by atoms with E-state index in [1.165, 1.54) is 12.4 Å². The molecule has 0 radical (unpaired) electrons. The lowest BCUT2D eigenvalue weighted by Crippen LogP contribution is -1.98. The number of ether oxygens (including phenoxy) is 1. The second kappa shape index (κ2) is 8.35. The monoisotopic (exact) mass is 439 g/mol. The van der Waals surface area contributed by atoms with Crippen molar-refractivity contribution in [1.29, 1.82) is 0 Å². The molecule has 0 saturated carbocycles. The zero-order valence-electron chi connectivity index (χ0n) is 17.4. The number of fused-ring (bicyclic) bond motifs is 2. The Bertz CT molecular complexity index is 1530. The van der Waals surface area contributed by atoms with Crippen LogP contribution in [0.5, 0.6) is 11.6 Å². The minimum absolute atomic E-state index is 0.419. The predicted octanol–water partition coefficient (Wildman–Crippen LogP) is 4.01. The van der Waals surface area contributed by atoms with Gasteiger partial charge < -0.3 is 15.2 Å². The Balaban J connectivity index is 1.40.